The monoisotopic (exact) mass is 237 g/mol. The van der Waals surface area contributed by atoms with E-state index in [9.17, 15) is 9.50 Å². The summed E-state index contributed by atoms with van der Waals surface area (Å²) in [5.41, 5.74) is 1.08. The molecule has 0 radical (unpaired) electrons. The van der Waals surface area contributed by atoms with Crippen molar-refractivity contribution in [3.63, 3.8) is 0 Å². The number of rotatable bonds is 2. The summed E-state index contributed by atoms with van der Waals surface area (Å²) >= 11 is 5.71. The molecule has 0 bridgehead atoms. The highest BCUT2D eigenvalue weighted by Crippen LogP contribution is 2.23. The van der Waals surface area contributed by atoms with Crippen LogP contribution >= 0.6 is 11.6 Å². The first-order chi connectivity index (χ1) is 7.66. The van der Waals surface area contributed by atoms with Gasteiger partial charge in [0.1, 0.15) is 17.1 Å². The van der Waals surface area contributed by atoms with Gasteiger partial charge in [-0.15, -0.1) is 0 Å². The number of aliphatic hydroxyl groups excluding tert-OH is 1. The van der Waals surface area contributed by atoms with Gasteiger partial charge in [-0.2, -0.15) is 0 Å². The predicted molar refractivity (Wildman–Crippen MR) is 59.7 cm³/mol. The fourth-order valence-electron chi connectivity index (χ4n) is 1.46. The van der Waals surface area contributed by atoms with Gasteiger partial charge in [-0.25, -0.2) is 9.37 Å². The van der Waals surface area contributed by atoms with Crippen molar-refractivity contribution in [1.82, 2.24) is 4.98 Å². The zero-order valence-electron chi connectivity index (χ0n) is 8.27. The van der Waals surface area contributed by atoms with Crippen LogP contribution in [0.15, 0.2) is 42.6 Å². The van der Waals surface area contributed by atoms with Gasteiger partial charge in [0.2, 0.25) is 0 Å². The lowest BCUT2D eigenvalue weighted by Gasteiger charge is -2.11. The van der Waals surface area contributed by atoms with Gasteiger partial charge in [0.05, 0.1) is 0 Å². The Morgan fingerprint density at radius 3 is 2.62 bits per heavy atom. The van der Waals surface area contributed by atoms with Crippen LogP contribution in [-0.4, -0.2) is 10.1 Å². The second-order valence-corrected chi connectivity index (χ2v) is 3.76. The van der Waals surface area contributed by atoms with Crippen LogP contribution in [0.25, 0.3) is 0 Å². The molecule has 0 aliphatic heterocycles. The molecule has 1 N–H and O–H groups in total. The van der Waals surface area contributed by atoms with Gasteiger partial charge in [0.15, 0.2) is 0 Å². The largest absolute Gasteiger partial charge is 0.384 e. The van der Waals surface area contributed by atoms with Crippen LogP contribution in [0.2, 0.25) is 5.15 Å². The number of halogens is 2. The maximum Gasteiger partial charge on any atom is 0.129 e. The molecule has 1 aromatic carbocycles. The van der Waals surface area contributed by atoms with E-state index in [1.807, 2.05) is 0 Å². The number of benzene rings is 1. The fourth-order valence-corrected chi connectivity index (χ4v) is 1.64. The van der Waals surface area contributed by atoms with E-state index in [0.717, 1.165) is 0 Å². The van der Waals surface area contributed by atoms with E-state index in [2.05, 4.69) is 4.98 Å². The summed E-state index contributed by atoms with van der Waals surface area (Å²) in [5, 5.41) is 10.3. The number of pyridine rings is 1. The Balaban J connectivity index is 2.35. The second kappa shape index (κ2) is 4.60. The molecule has 1 heterocycles. The molecule has 0 aliphatic carbocycles. The highest BCUT2D eigenvalue weighted by atomic mass is 35.5. The predicted octanol–water partition coefficient (Wildman–Crippen LogP) is 2.96. The van der Waals surface area contributed by atoms with Gasteiger partial charge >= 0.3 is 0 Å². The Labute approximate surface area is 97.3 Å². The molecule has 1 unspecified atom stereocenters. The second-order valence-electron chi connectivity index (χ2n) is 3.37. The minimum absolute atomic E-state index is 0.299. The van der Waals surface area contributed by atoms with Crippen molar-refractivity contribution in [2.45, 2.75) is 6.10 Å². The molecule has 4 heteroatoms. The lowest BCUT2D eigenvalue weighted by molar-refractivity contribution is 0.219. The molecule has 1 atom stereocenters. The molecule has 0 saturated carbocycles. The molecule has 0 amide bonds. The summed E-state index contributed by atoms with van der Waals surface area (Å²) in [5.74, 6) is -0.378. The first kappa shape index (κ1) is 11.0. The number of hydrogen-bond acceptors (Lipinski definition) is 2. The quantitative estimate of drug-likeness (QED) is 0.815. The summed E-state index contributed by atoms with van der Waals surface area (Å²) in [6.07, 6.45) is 0.608. The maximum atomic E-state index is 13.0. The van der Waals surface area contributed by atoms with E-state index in [4.69, 9.17) is 11.6 Å². The Morgan fingerprint density at radius 2 is 1.94 bits per heavy atom. The zero-order chi connectivity index (χ0) is 11.5. The molecule has 0 fully saturated rings. The van der Waals surface area contributed by atoms with Crippen LogP contribution in [0, 0.1) is 5.82 Å². The molecule has 2 nitrogen and oxygen atoms in total. The van der Waals surface area contributed by atoms with E-state index in [-0.39, 0.29) is 5.82 Å². The van der Waals surface area contributed by atoms with Gasteiger partial charge < -0.3 is 5.11 Å². The molecule has 1 aromatic heterocycles. The van der Waals surface area contributed by atoms with Crippen LogP contribution in [-0.2, 0) is 0 Å². The highest BCUT2D eigenvalue weighted by Gasteiger charge is 2.11. The van der Waals surface area contributed by atoms with Gasteiger partial charge in [-0.1, -0.05) is 23.7 Å². The van der Waals surface area contributed by atoms with Crippen molar-refractivity contribution in [2.24, 2.45) is 0 Å². The molecule has 0 aliphatic rings. The average molecular weight is 238 g/mol. The number of aliphatic hydroxyl groups is 1. The highest BCUT2D eigenvalue weighted by molar-refractivity contribution is 6.29. The van der Waals surface area contributed by atoms with E-state index in [1.165, 1.54) is 18.3 Å². The Morgan fingerprint density at radius 1 is 1.19 bits per heavy atom. The molecule has 16 heavy (non-hydrogen) atoms. The summed E-state index contributed by atoms with van der Waals surface area (Å²) in [6, 6.07) is 9.02. The maximum absolute atomic E-state index is 13.0. The Hall–Kier alpha value is -1.45. The van der Waals surface area contributed by atoms with Crippen LogP contribution in [0.1, 0.15) is 17.2 Å². The number of aromatic nitrogens is 1. The molecule has 0 saturated heterocycles. The molecule has 2 aromatic rings. The van der Waals surface area contributed by atoms with Crippen molar-refractivity contribution in [2.75, 3.05) is 0 Å². The number of hydrogen-bond donors (Lipinski definition) is 1. The summed E-state index contributed by atoms with van der Waals surface area (Å²) in [4.78, 5) is 3.81. The fraction of sp³-hybridized carbons (Fsp3) is 0.0833. The van der Waals surface area contributed by atoms with Gasteiger partial charge in [-0.3, -0.25) is 0 Å². The van der Waals surface area contributed by atoms with Gasteiger partial charge in [0, 0.05) is 6.20 Å². The van der Waals surface area contributed by atoms with E-state index < -0.39 is 6.10 Å². The van der Waals surface area contributed by atoms with Crippen LogP contribution in [0.4, 0.5) is 4.39 Å². The first-order valence-electron chi connectivity index (χ1n) is 4.72. The number of nitrogens with zero attached hydrogens (tertiary/aromatic N) is 1. The van der Waals surface area contributed by atoms with E-state index in [0.29, 0.717) is 16.3 Å². The van der Waals surface area contributed by atoms with Gasteiger partial charge in [0.25, 0.3) is 0 Å². The van der Waals surface area contributed by atoms with Crippen molar-refractivity contribution in [3.05, 3.63) is 64.7 Å². The third kappa shape index (κ3) is 2.38. The molecular weight excluding hydrogens is 229 g/mol. The van der Waals surface area contributed by atoms with Crippen molar-refractivity contribution in [1.29, 1.82) is 0 Å². The van der Waals surface area contributed by atoms with Crippen molar-refractivity contribution in [3.8, 4) is 0 Å². The molecule has 2 rings (SSSR count). The molecule has 82 valence electrons. The minimum Gasteiger partial charge on any atom is -0.384 e. The van der Waals surface area contributed by atoms with Gasteiger partial charge in [-0.05, 0) is 35.4 Å². The Kier molecular flexibility index (Phi) is 3.17. The normalized spacial score (nSPS) is 12.4. The Bertz CT molecular complexity index is 458. The summed E-state index contributed by atoms with van der Waals surface area (Å²) < 4.78 is 13.0. The summed E-state index contributed by atoms with van der Waals surface area (Å²) in [6.45, 7) is 0. The first-order valence-corrected chi connectivity index (χ1v) is 5.09. The molecular formula is C12H9ClFNO. The zero-order valence-corrected chi connectivity index (χ0v) is 9.03. The van der Waals surface area contributed by atoms with Crippen LogP contribution in [0.3, 0.4) is 0 Å². The van der Waals surface area contributed by atoms with E-state index >= 15 is 0 Å². The van der Waals surface area contributed by atoms with E-state index in [1.54, 1.807) is 24.3 Å². The van der Waals surface area contributed by atoms with Crippen molar-refractivity contribution >= 4 is 11.6 Å². The summed E-state index contributed by atoms with van der Waals surface area (Å²) in [7, 11) is 0. The SMILES string of the molecule is OC(c1cccc(F)c1)c1ccnc(Cl)c1. The third-order valence-corrected chi connectivity index (χ3v) is 2.44. The standard InChI is InChI=1S/C12H9ClFNO/c13-11-7-9(4-5-15-11)12(16)8-2-1-3-10(14)6-8/h1-7,12,16H. The van der Waals surface area contributed by atoms with Crippen LogP contribution in [0.5, 0.6) is 0 Å². The third-order valence-electron chi connectivity index (χ3n) is 2.23. The van der Waals surface area contributed by atoms with Crippen molar-refractivity contribution < 1.29 is 9.50 Å². The smallest absolute Gasteiger partial charge is 0.129 e. The average Bonchev–Trinajstić information content (AvgIpc) is 2.28. The lowest BCUT2D eigenvalue weighted by atomic mass is 10.0. The lowest BCUT2D eigenvalue weighted by Crippen LogP contribution is -2.00. The van der Waals surface area contributed by atoms with Crippen LogP contribution < -0.4 is 0 Å². The molecule has 0 spiro atoms. The minimum atomic E-state index is -0.892. The topological polar surface area (TPSA) is 33.1 Å².